The molecule has 0 saturated heterocycles. The van der Waals surface area contributed by atoms with Crippen LogP contribution in [0.25, 0.3) is 0 Å². The van der Waals surface area contributed by atoms with Gasteiger partial charge in [0.05, 0.1) is 0 Å². The van der Waals surface area contributed by atoms with E-state index in [0.717, 1.165) is 12.8 Å². The molecule has 148 valence electrons. The Morgan fingerprint density at radius 2 is 1.96 bits per heavy atom. The number of aromatic nitrogens is 3. The maximum absolute atomic E-state index is 12.2. The van der Waals surface area contributed by atoms with Crippen molar-refractivity contribution in [3.8, 4) is 5.88 Å². The van der Waals surface area contributed by atoms with Gasteiger partial charge in [0.25, 0.3) is 5.91 Å². The molecule has 0 bridgehead atoms. The lowest BCUT2D eigenvalue weighted by molar-refractivity contribution is -0.154. The lowest BCUT2D eigenvalue weighted by Crippen LogP contribution is -2.25. The molecular formula is C17H16F3N5O3. The summed E-state index contributed by atoms with van der Waals surface area (Å²) in [5.41, 5.74) is 0.628. The monoisotopic (exact) mass is 395 g/mol. The van der Waals surface area contributed by atoms with Crippen molar-refractivity contribution in [3.05, 3.63) is 41.9 Å². The average molecular weight is 395 g/mol. The standard InChI is InChI=1S/C17H16F3N5O3/c18-17(19,20)9-28-13-4-1-10(7-22-13)8-23-15(27)12-5-6-21-16(24-12)25-14(26)11-2-3-11/h1,4-7,11H,2-3,8-9H2,(H,23,27)(H,21,24,25,26). The third kappa shape index (κ3) is 5.89. The number of anilines is 1. The summed E-state index contributed by atoms with van der Waals surface area (Å²) >= 11 is 0. The Morgan fingerprint density at radius 1 is 1.18 bits per heavy atom. The number of amides is 2. The largest absolute Gasteiger partial charge is 0.468 e. The Balaban J connectivity index is 1.51. The maximum Gasteiger partial charge on any atom is 0.422 e. The molecule has 2 aromatic rings. The van der Waals surface area contributed by atoms with Crippen molar-refractivity contribution < 1.29 is 27.5 Å². The molecule has 0 atom stereocenters. The van der Waals surface area contributed by atoms with Gasteiger partial charge in [0, 0.05) is 30.9 Å². The van der Waals surface area contributed by atoms with Crippen LogP contribution in [0.5, 0.6) is 5.88 Å². The van der Waals surface area contributed by atoms with E-state index in [-0.39, 0.29) is 35.9 Å². The normalized spacial score (nSPS) is 13.7. The zero-order chi connectivity index (χ0) is 20.1. The molecule has 0 radical (unpaired) electrons. The number of ether oxygens (including phenoxy) is 1. The van der Waals surface area contributed by atoms with E-state index in [2.05, 4.69) is 30.3 Å². The molecule has 2 heterocycles. The van der Waals surface area contributed by atoms with Crippen LogP contribution in [0.1, 0.15) is 28.9 Å². The second kappa shape index (κ2) is 8.19. The molecular weight excluding hydrogens is 379 g/mol. The Morgan fingerprint density at radius 3 is 2.61 bits per heavy atom. The molecule has 0 aromatic carbocycles. The second-order valence-electron chi connectivity index (χ2n) is 6.12. The summed E-state index contributed by atoms with van der Waals surface area (Å²) in [7, 11) is 0. The van der Waals surface area contributed by atoms with Crippen LogP contribution in [-0.4, -0.2) is 39.5 Å². The highest BCUT2D eigenvalue weighted by atomic mass is 19.4. The maximum atomic E-state index is 12.2. The summed E-state index contributed by atoms with van der Waals surface area (Å²) in [6.45, 7) is -1.34. The number of carbonyl (C=O) groups excluding carboxylic acids is 2. The van der Waals surface area contributed by atoms with Crippen LogP contribution in [0.15, 0.2) is 30.6 Å². The number of rotatable bonds is 7. The molecule has 8 nitrogen and oxygen atoms in total. The summed E-state index contributed by atoms with van der Waals surface area (Å²) in [6, 6.07) is 4.16. The van der Waals surface area contributed by atoms with Crippen molar-refractivity contribution in [1.82, 2.24) is 20.3 Å². The number of nitrogens with one attached hydrogen (secondary N) is 2. The predicted octanol–water partition coefficient (Wildman–Crippen LogP) is 2.09. The number of hydrogen-bond acceptors (Lipinski definition) is 6. The molecule has 0 unspecified atom stereocenters. The molecule has 1 fully saturated rings. The van der Waals surface area contributed by atoms with Crippen molar-refractivity contribution in [2.75, 3.05) is 11.9 Å². The number of hydrogen-bond donors (Lipinski definition) is 2. The number of nitrogens with zero attached hydrogens (tertiary/aromatic N) is 3. The van der Waals surface area contributed by atoms with Crippen LogP contribution in [-0.2, 0) is 11.3 Å². The molecule has 2 N–H and O–H groups in total. The number of halogens is 3. The van der Waals surface area contributed by atoms with E-state index < -0.39 is 18.7 Å². The molecule has 3 rings (SSSR count). The van der Waals surface area contributed by atoms with Gasteiger partial charge in [0.1, 0.15) is 5.69 Å². The van der Waals surface area contributed by atoms with Crippen molar-refractivity contribution in [1.29, 1.82) is 0 Å². The zero-order valence-electron chi connectivity index (χ0n) is 14.5. The van der Waals surface area contributed by atoms with Gasteiger partial charge in [-0.25, -0.2) is 15.0 Å². The summed E-state index contributed by atoms with van der Waals surface area (Å²) < 4.78 is 40.8. The van der Waals surface area contributed by atoms with Crippen LogP contribution in [0, 0.1) is 5.92 Å². The fraction of sp³-hybridized carbons (Fsp3) is 0.353. The van der Waals surface area contributed by atoms with Crippen molar-refractivity contribution in [2.45, 2.75) is 25.6 Å². The van der Waals surface area contributed by atoms with E-state index in [1.54, 1.807) is 0 Å². The zero-order valence-corrected chi connectivity index (χ0v) is 14.5. The highest BCUT2D eigenvalue weighted by molar-refractivity contribution is 5.94. The van der Waals surface area contributed by atoms with Crippen molar-refractivity contribution >= 4 is 17.8 Å². The Hall–Kier alpha value is -3.24. The van der Waals surface area contributed by atoms with E-state index in [4.69, 9.17) is 0 Å². The Kier molecular flexibility index (Phi) is 5.71. The van der Waals surface area contributed by atoms with Gasteiger partial charge in [0.2, 0.25) is 17.7 Å². The molecule has 2 amide bonds. The lowest BCUT2D eigenvalue weighted by Gasteiger charge is -2.09. The number of alkyl halides is 3. The van der Waals surface area contributed by atoms with Gasteiger partial charge in [-0.3, -0.25) is 14.9 Å². The van der Waals surface area contributed by atoms with Gasteiger partial charge < -0.3 is 10.1 Å². The van der Waals surface area contributed by atoms with Gasteiger partial charge in [-0.05, 0) is 24.5 Å². The topological polar surface area (TPSA) is 106 Å². The smallest absolute Gasteiger partial charge is 0.422 e. The fourth-order valence-electron chi connectivity index (χ4n) is 2.13. The van der Waals surface area contributed by atoms with Crippen LogP contribution in [0.2, 0.25) is 0 Å². The van der Waals surface area contributed by atoms with Gasteiger partial charge in [-0.2, -0.15) is 13.2 Å². The summed E-state index contributed by atoms with van der Waals surface area (Å²) in [4.78, 5) is 35.6. The van der Waals surface area contributed by atoms with E-state index in [1.165, 1.54) is 30.6 Å². The minimum Gasteiger partial charge on any atom is -0.468 e. The summed E-state index contributed by atoms with van der Waals surface area (Å²) in [6.07, 6.45) is -0.116. The average Bonchev–Trinajstić information content (AvgIpc) is 3.50. The first-order valence-electron chi connectivity index (χ1n) is 8.37. The first kappa shape index (κ1) is 19.5. The second-order valence-corrected chi connectivity index (χ2v) is 6.12. The fourth-order valence-corrected chi connectivity index (χ4v) is 2.13. The third-order valence-electron chi connectivity index (χ3n) is 3.71. The van der Waals surface area contributed by atoms with Crippen LogP contribution < -0.4 is 15.4 Å². The number of carbonyl (C=O) groups is 2. The van der Waals surface area contributed by atoms with Crippen LogP contribution in [0.3, 0.4) is 0 Å². The van der Waals surface area contributed by atoms with Gasteiger partial charge >= 0.3 is 6.18 Å². The van der Waals surface area contributed by atoms with E-state index in [9.17, 15) is 22.8 Å². The Bertz CT molecular complexity index is 854. The molecule has 0 aliphatic heterocycles. The SMILES string of the molecule is O=C(NCc1ccc(OCC(F)(F)F)nc1)c1ccnc(NC(=O)C2CC2)n1. The third-order valence-corrected chi connectivity index (χ3v) is 3.71. The van der Waals surface area contributed by atoms with Crippen molar-refractivity contribution in [3.63, 3.8) is 0 Å². The molecule has 0 spiro atoms. The molecule has 28 heavy (non-hydrogen) atoms. The highest BCUT2D eigenvalue weighted by Gasteiger charge is 2.30. The Labute approximate surface area is 157 Å². The van der Waals surface area contributed by atoms with Gasteiger partial charge in [0.15, 0.2) is 6.61 Å². The predicted molar refractivity (Wildman–Crippen MR) is 90.3 cm³/mol. The quantitative estimate of drug-likeness (QED) is 0.744. The molecule has 11 heteroatoms. The van der Waals surface area contributed by atoms with E-state index >= 15 is 0 Å². The van der Waals surface area contributed by atoms with Gasteiger partial charge in [-0.1, -0.05) is 6.07 Å². The summed E-state index contributed by atoms with van der Waals surface area (Å²) in [5, 5.41) is 5.16. The molecule has 2 aromatic heterocycles. The van der Waals surface area contributed by atoms with E-state index in [0.29, 0.717) is 5.56 Å². The summed E-state index contributed by atoms with van der Waals surface area (Å²) in [5.74, 6) is -0.800. The molecule has 1 aliphatic carbocycles. The van der Waals surface area contributed by atoms with Crippen LogP contribution >= 0.6 is 0 Å². The highest BCUT2D eigenvalue weighted by Crippen LogP contribution is 2.29. The number of pyridine rings is 1. The minimum atomic E-state index is -4.44. The molecule has 1 aliphatic rings. The van der Waals surface area contributed by atoms with Crippen LogP contribution in [0.4, 0.5) is 19.1 Å². The van der Waals surface area contributed by atoms with Gasteiger partial charge in [-0.15, -0.1) is 0 Å². The minimum absolute atomic E-state index is 0.0170. The molecule has 1 saturated carbocycles. The first-order valence-corrected chi connectivity index (χ1v) is 8.37. The lowest BCUT2D eigenvalue weighted by atomic mass is 10.2. The van der Waals surface area contributed by atoms with E-state index in [1.807, 2.05) is 0 Å². The first-order chi connectivity index (χ1) is 13.3. The van der Waals surface area contributed by atoms with Crippen molar-refractivity contribution in [2.24, 2.45) is 5.92 Å².